The maximum absolute atomic E-state index is 12.6. The monoisotopic (exact) mass is 534 g/mol. The zero-order chi connectivity index (χ0) is 27.7. The fraction of sp³-hybridized carbons (Fsp3) is 0.714. The lowest BCUT2D eigenvalue weighted by Gasteiger charge is -2.33. The molecule has 0 bridgehead atoms. The first-order valence-corrected chi connectivity index (χ1v) is 13.8. The molecule has 0 heterocycles. The third-order valence-corrected chi connectivity index (χ3v) is 7.39. The molecule has 3 rings (SSSR count). The molecule has 3 aliphatic rings. The van der Waals surface area contributed by atoms with Crippen LogP contribution in [-0.4, -0.2) is 60.6 Å². The molecule has 4 unspecified atom stereocenters. The molecule has 0 saturated heterocycles. The minimum Gasteiger partial charge on any atom is -0.455 e. The molecule has 0 aromatic heterocycles. The molecule has 3 saturated carbocycles. The molecule has 3 aliphatic carbocycles. The lowest BCUT2D eigenvalue weighted by molar-refractivity contribution is -0.153. The molecular formula is C28H42N2O8. The van der Waals surface area contributed by atoms with E-state index in [0.29, 0.717) is 62.5 Å². The second-order valence-corrected chi connectivity index (χ2v) is 10.7. The van der Waals surface area contributed by atoms with E-state index in [1.54, 1.807) is 13.8 Å². The summed E-state index contributed by atoms with van der Waals surface area (Å²) in [6.45, 7) is 10.4. The van der Waals surface area contributed by atoms with Gasteiger partial charge in [0.1, 0.15) is 24.4 Å². The van der Waals surface area contributed by atoms with Gasteiger partial charge >= 0.3 is 24.1 Å². The van der Waals surface area contributed by atoms with Gasteiger partial charge in [-0.1, -0.05) is 13.2 Å². The Bertz CT molecular complexity index is 823. The van der Waals surface area contributed by atoms with Gasteiger partial charge < -0.3 is 29.6 Å². The summed E-state index contributed by atoms with van der Waals surface area (Å²) in [5.74, 6) is -0.940. The van der Waals surface area contributed by atoms with Crippen LogP contribution in [0.25, 0.3) is 0 Å². The second kappa shape index (κ2) is 14.2. The van der Waals surface area contributed by atoms with Crippen LogP contribution >= 0.6 is 0 Å². The lowest BCUT2D eigenvalue weighted by atomic mass is 9.91. The smallest absolute Gasteiger partial charge is 0.407 e. The van der Waals surface area contributed by atoms with E-state index >= 15 is 0 Å². The van der Waals surface area contributed by atoms with Gasteiger partial charge in [0.2, 0.25) is 0 Å². The van der Waals surface area contributed by atoms with Gasteiger partial charge in [0.05, 0.1) is 0 Å². The van der Waals surface area contributed by atoms with E-state index in [-0.39, 0.29) is 12.1 Å². The van der Waals surface area contributed by atoms with Crippen molar-refractivity contribution >= 4 is 24.1 Å². The number of hydrogen-bond acceptors (Lipinski definition) is 8. The van der Waals surface area contributed by atoms with Crippen molar-refractivity contribution in [3.8, 4) is 0 Å². The number of amides is 2. The van der Waals surface area contributed by atoms with E-state index < -0.39 is 48.5 Å². The maximum atomic E-state index is 12.6. The number of carbonyl (C=O) groups is 4. The molecule has 38 heavy (non-hydrogen) atoms. The SMILES string of the molecule is C=C(C)C(=O)OC1CCCCC1OC(=O)NC1CCC(NC(=O)OC2CCCCC2OC(=O)C(=C)C)CC1. The van der Waals surface area contributed by atoms with E-state index in [1.807, 2.05) is 0 Å². The molecule has 2 N–H and O–H groups in total. The number of nitrogens with one attached hydrogen (secondary N) is 2. The number of ether oxygens (including phenoxy) is 4. The van der Waals surface area contributed by atoms with Crippen molar-refractivity contribution in [3.05, 3.63) is 24.3 Å². The van der Waals surface area contributed by atoms with Crippen LogP contribution in [0.2, 0.25) is 0 Å². The van der Waals surface area contributed by atoms with Crippen LogP contribution in [-0.2, 0) is 28.5 Å². The minimum atomic E-state index is -0.517. The molecule has 0 aromatic rings. The van der Waals surface area contributed by atoms with Gasteiger partial charge in [0.25, 0.3) is 0 Å². The van der Waals surface area contributed by atoms with Crippen LogP contribution < -0.4 is 10.6 Å². The molecule has 10 nitrogen and oxygen atoms in total. The van der Waals surface area contributed by atoms with Crippen molar-refractivity contribution in [2.24, 2.45) is 0 Å². The highest BCUT2D eigenvalue weighted by molar-refractivity contribution is 5.87. The van der Waals surface area contributed by atoms with E-state index in [0.717, 1.165) is 25.7 Å². The molecule has 2 amide bonds. The number of alkyl carbamates (subject to hydrolysis) is 2. The van der Waals surface area contributed by atoms with Crippen molar-refractivity contribution in [2.45, 2.75) is 127 Å². The predicted molar refractivity (Wildman–Crippen MR) is 139 cm³/mol. The summed E-state index contributed by atoms with van der Waals surface area (Å²) in [5.41, 5.74) is 0.635. The van der Waals surface area contributed by atoms with E-state index in [2.05, 4.69) is 23.8 Å². The van der Waals surface area contributed by atoms with Gasteiger partial charge in [-0.3, -0.25) is 0 Å². The molecule has 4 atom stereocenters. The minimum absolute atomic E-state index is 0.0686. The zero-order valence-electron chi connectivity index (χ0n) is 22.6. The molecule has 212 valence electrons. The zero-order valence-corrected chi connectivity index (χ0v) is 22.6. The third-order valence-electron chi connectivity index (χ3n) is 7.39. The van der Waals surface area contributed by atoms with Crippen molar-refractivity contribution < 1.29 is 38.1 Å². The molecule has 10 heteroatoms. The summed E-state index contributed by atoms with van der Waals surface area (Å²) in [6, 6.07) is -0.137. The first-order valence-electron chi connectivity index (χ1n) is 13.8. The summed E-state index contributed by atoms with van der Waals surface area (Å²) in [5, 5.41) is 5.83. The van der Waals surface area contributed by atoms with Gasteiger partial charge in [-0.05, 0) is 90.9 Å². The average Bonchev–Trinajstić information content (AvgIpc) is 2.87. The van der Waals surface area contributed by atoms with Gasteiger partial charge in [-0.15, -0.1) is 0 Å². The Labute approximate surface area is 224 Å². The normalized spacial score (nSPS) is 29.2. The van der Waals surface area contributed by atoms with Crippen LogP contribution in [0.4, 0.5) is 9.59 Å². The summed E-state index contributed by atoms with van der Waals surface area (Å²) in [7, 11) is 0. The predicted octanol–water partition coefficient (Wildman–Crippen LogP) is 4.61. The largest absolute Gasteiger partial charge is 0.455 e. The highest BCUT2D eigenvalue weighted by Gasteiger charge is 2.34. The van der Waals surface area contributed by atoms with Crippen molar-refractivity contribution in [2.75, 3.05) is 0 Å². The van der Waals surface area contributed by atoms with Crippen molar-refractivity contribution in [1.82, 2.24) is 10.6 Å². The maximum Gasteiger partial charge on any atom is 0.407 e. The molecule has 0 aliphatic heterocycles. The van der Waals surface area contributed by atoms with Crippen molar-refractivity contribution in [3.63, 3.8) is 0 Å². The van der Waals surface area contributed by atoms with Crippen molar-refractivity contribution in [1.29, 1.82) is 0 Å². The highest BCUT2D eigenvalue weighted by Crippen LogP contribution is 2.27. The fourth-order valence-corrected chi connectivity index (χ4v) is 5.20. The van der Waals surface area contributed by atoms with E-state index in [1.165, 1.54) is 0 Å². The molecule has 0 spiro atoms. The topological polar surface area (TPSA) is 129 Å². The molecule has 0 aromatic carbocycles. The standard InChI is InChI=1S/C28H42N2O8/c1-17(2)25(31)35-21-9-5-7-11-23(21)37-27(33)29-19-13-15-20(16-14-19)30-28(34)38-24-12-8-6-10-22(24)36-26(32)18(3)4/h19-24H,1,3,5-16H2,2,4H3,(H,29,33)(H,30,34). The van der Waals surface area contributed by atoms with Gasteiger partial charge in [-0.25, -0.2) is 19.2 Å². The Hall–Kier alpha value is -3.04. The van der Waals surface area contributed by atoms with Gasteiger partial charge in [0, 0.05) is 23.2 Å². The van der Waals surface area contributed by atoms with Gasteiger partial charge in [0.15, 0.2) is 0 Å². The first-order chi connectivity index (χ1) is 18.1. The number of esters is 2. The Kier molecular flexibility index (Phi) is 11.0. The molecule has 3 fully saturated rings. The van der Waals surface area contributed by atoms with E-state index in [9.17, 15) is 19.2 Å². The summed E-state index contributed by atoms with van der Waals surface area (Å²) in [4.78, 5) is 48.9. The van der Waals surface area contributed by atoms with Crippen LogP contribution in [0.5, 0.6) is 0 Å². The number of carbonyl (C=O) groups excluding carboxylic acids is 4. The average molecular weight is 535 g/mol. The van der Waals surface area contributed by atoms with Crippen LogP contribution in [0.15, 0.2) is 24.3 Å². The number of hydrogen-bond donors (Lipinski definition) is 2. The highest BCUT2D eigenvalue weighted by atomic mass is 16.6. The lowest BCUT2D eigenvalue weighted by Crippen LogP contribution is -2.47. The summed E-state index contributed by atoms with van der Waals surface area (Å²) in [6.07, 6.45) is 6.07. The van der Waals surface area contributed by atoms with Crippen LogP contribution in [0.1, 0.15) is 90.9 Å². The molecule has 0 radical (unpaired) electrons. The summed E-state index contributed by atoms with van der Waals surface area (Å²) >= 11 is 0. The Morgan fingerprint density at radius 2 is 0.816 bits per heavy atom. The van der Waals surface area contributed by atoms with Crippen LogP contribution in [0.3, 0.4) is 0 Å². The Morgan fingerprint density at radius 1 is 0.526 bits per heavy atom. The first kappa shape index (κ1) is 29.5. The third kappa shape index (κ3) is 9.06. The molecular weight excluding hydrogens is 492 g/mol. The number of rotatable bonds is 8. The fourth-order valence-electron chi connectivity index (χ4n) is 5.20. The Morgan fingerprint density at radius 3 is 1.11 bits per heavy atom. The van der Waals surface area contributed by atoms with Gasteiger partial charge in [-0.2, -0.15) is 0 Å². The Balaban J connectivity index is 1.38. The second-order valence-electron chi connectivity index (χ2n) is 10.7. The summed E-state index contributed by atoms with van der Waals surface area (Å²) < 4.78 is 22.2. The van der Waals surface area contributed by atoms with Crippen LogP contribution in [0, 0.1) is 0 Å². The quantitative estimate of drug-likeness (QED) is 0.262. The van der Waals surface area contributed by atoms with E-state index in [4.69, 9.17) is 18.9 Å².